The Kier molecular flexibility index (Phi) is 4.21. The predicted molar refractivity (Wildman–Crippen MR) is 97.6 cm³/mol. The van der Waals surface area contributed by atoms with Gasteiger partial charge >= 0.3 is 0 Å². The van der Waals surface area contributed by atoms with Crippen molar-refractivity contribution in [1.82, 2.24) is 4.90 Å². The average molecular weight is 330 g/mol. The van der Waals surface area contributed by atoms with Crippen molar-refractivity contribution in [1.29, 1.82) is 0 Å². The second-order valence-electron chi connectivity index (χ2n) is 6.67. The first-order valence-electron chi connectivity index (χ1n) is 8.33. The van der Waals surface area contributed by atoms with E-state index in [0.717, 1.165) is 18.0 Å². The van der Waals surface area contributed by atoms with Crippen molar-refractivity contribution in [3.63, 3.8) is 0 Å². The molecule has 3 atom stereocenters. The summed E-state index contributed by atoms with van der Waals surface area (Å²) in [6.45, 7) is 0. The number of rotatable bonds is 3. The summed E-state index contributed by atoms with van der Waals surface area (Å²) in [5.41, 5.74) is 1.47. The number of thiophene rings is 2. The summed E-state index contributed by atoms with van der Waals surface area (Å²) in [4.78, 5) is 5.50. The Morgan fingerprint density at radius 3 is 2.14 bits per heavy atom. The van der Waals surface area contributed by atoms with Gasteiger partial charge < -0.3 is 4.90 Å². The van der Waals surface area contributed by atoms with Crippen LogP contribution in [0.15, 0.2) is 41.1 Å². The van der Waals surface area contributed by atoms with Crippen molar-refractivity contribution in [3.05, 3.63) is 50.9 Å². The van der Waals surface area contributed by atoms with Crippen LogP contribution in [0.3, 0.4) is 0 Å². The molecule has 0 aromatic carbocycles. The molecule has 0 spiro atoms. The second-order valence-corrected chi connectivity index (χ2v) is 8.57. The first kappa shape index (κ1) is 14.7. The molecule has 0 radical (unpaired) electrons. The molecule has 2 bridgehead atoms. The molecule has 4 rings (SSSR count). The Morgan fingerprint density at radius 1 is 1.05 bits per heavy atom. The molecule has 116 valence electrons. The Morgan fingerprint density at radius 2 is 1.64 bits per heavy atom. The maximum atomic E-state index is 2.66. The largest absolute Gasteiger partial charge is 0.300 e. The van der Waals surface area contributed by atoms with Gasteiger partial charge in [0.05, 0.1) is 0 Å². The molecule has 2 aromatic rings. The minimum Gasteiger partial charge on any atom is -0.300 e. The Bertz CT molecular complexity index is 576. The molecular weight excluding hydrogens is 306 g/mol. The lowest BCUT2D eigenvalue weighted by Crippen LogP contribution is -2.49. The summed E-state index contributed by atoms with van der Waals surface area (Å²) >= 11 is 3.74. The van der Waals surface area contributed by atoms with Gasteiger partial charge in [-0.1, -0.05) is 24.6 Å². The molecule has 2 saturated heterocycles. The van der Waals surface area contributed by atoms with Crippen molar-refractivity contribution < 1.29 is 0 Å². The van der Waals surface area contributed by atoms with Gasteiger partial charge in [0.25, 0.3) is 0 Å². The van der Waals surface area contributed by atoms with Crippen LogP contribution in [0.4, 0.5) is 0 Å². The molecule has 2 aliphatic rings. The van der Waals surface area contributed by atoms with Gasteiger partial charge in [-0.3, -0.25) is 0 Å². The van der Waals surface area contributed by atoms with E-state index in [2.05, 4.69) is 53.0 Å². The highest BCUT2D eigenvalue weighted by Crippen LogP contribution is 2.39. The van der Waals surface area contributed by atoms with Crippen molar-refractivity contribution in [2.45, 2.75) is 44.2 Å². The normalized spacial score (nSPS) is 28.5. The van der Waals surface area contributed by atoms with E-state index < -0.39 is 0 Å². The first-order chi connectivity index (χ1) is 10.8. The van der Waals surface area contributed by atoms with Gasteiger partial charge in [-0.15, -0.1) is 22.7 Å². The van der Waals surface area contributed by atoms with Gasteiger partial charge in [0.15, 0.2) is 0 Å². The molecule has 0 N–H and O–H groups in total. The maximum Gasteiger partial charge on any atom is 0.0353 e. The standard InChI is InChI=1S/C19H23NS2/c1-20-15-5-2-6-16(20)12-14(11-15)13-17(18-7-3-9-21-18)19-8-4-10-22-19/h3-4,7-10,13-16H,2,5-6,11-12H2,1H3/t14?,15-,16+. The van der Waals surface area contributed by atoms with Gasteiger partial charge in [-0.25, -0.2) is 0 Å². The van der Waals surface area contributed by atoms with Gasteiger partial charge in [0.2, 0.25) is 0 Å². The molecule has 0 saturated carbocycles. The number of hydrogen-bond acceptors (Lipinski definition) is 3. The Balaban J connectivity index is 1.64. The van der Waals surface area contributed by atoms with Crippen molar-refractivity contribution in [2.75, 3.05) is 7.05 Å². The summed E-state index contributed by atoms with van der Waals surface area (Å²) in [7, 11) is 2.34. The topological polar surface area (TPSA) is 3.24 Å². The number of hydrogen-bond donors (Lipinski definition) is 0. The number of allylic oxidation sites excluding steroid dienone is 1. The van der Waals surface area contributed by atoms with Crippen LogP contribution < -0.4 is 0 Å². The molecular formula is C19H23NS2. The molecule has 0 aliphatic carbocycles. The lowest BCUT2D eigenvalue weighted by Gasteiger charge is -2.46. The smallest absolute Gasteiger partial charge is 0.0353 e. The lowest BCUT2D eigenvalue weighted by molar-refractivity contribution is 0.0486. The molecule has 3 heteroatoms. The van der Waals surface area contributed by atoms with Crippen LogP contribution in [-0.4, -0.2) is 24.0 Å². The van der Waals surface area contributed by atoms with E-state index in [1.165, 1.54) is 47.4 Å². The molecule has 22 heavy (non-hydrogen) atoms. The lowest BCUT2D eigenvalue weighted by atomic mass is 9.78. The molecule has 1 unspecified atom stereocenters. The van der Waals surface area contributed by atoms with E-state index in [0.29, 0.717) is 0 Å². The van der Waals surface area contributed by atoms with Gasteiger partial charge in [-0.05, 0) is 61.5 Å². The quantitative estimate of drug-likeness (QED) is 0.718. The van der Waals surface area contributed by atoms with Crippen LogP contribution in [0.25, 0.3) is 5.57 Å². The molecule has 2 aliphatic heterocycles. The van der Waals surface area contributed by atoms with Gasteiger partial charge in [0, 0.05) is 27.4 Å². The highest BCUT2D eigenvalue weighted by molar-refractivity contribution is 7.13. The molecule has 0 amide bonds. The van der Waals surface area contributed by atoms with Crippen LogP contribution >= 0.6 is 22.7 Å². The third-order valence-electron chi connectivity index (χ3n) is 5.35. The number of fused-ring (bicyclic) bond motifs is 2. The molecule has 2 fully saturated rings. The zero-order chi connectivity index (χ0) is 14.9. The van der Waals surface area contributed by atoms with E-state index >= 15 is 0 Å². The minimum atomic E-state index is 0.741. The molecule has 1 nitrogen and oxygen atoms in total. The third-order valence-corrected chi connectivity index (χ3v) is 7.16. The fourth-order valence-electron chi connectivity index (χ4n) is 4.18. The zero-order valence-corrected chi connectivity index (χ0v) is 14.7. The maximum absolute atomic E-state index is 2.66. The van der Waals surface area contributed by atoms with Crippen LogP contribution in [0.1, 0.15) is 41.9 Å². The first-order valence-corrected chi connectivity index (χ1v) is 10.1. The number of nitrogens with zero attached hydrogens (tertiary/aromatic N) is 1. The Labute approximate surface area is 141 Å². The van der Waals surface area contributed by atoms with E-state index in [1.807, 2.05) is 22.7 Å². The van der Waals surface area contributed by atoms with Crippen LogP contribution in [0.5, 0.6) is 0 Å². The van der Waals surface area contributed by atoms with Gasteiger partial charge in [-0.2, -0.15) is 0 Å². The fraction of sp³-hybridized carbons (Fsp3) is 0.474. The van der Waals surface area contributed by atoms with E-state index in [4.69, 9.17) is 0 Å². The minimum absolute atomic E-state index is 0.741. The predicted octanol–water partition coefficient (Wildman–Crippen LogP) is 5.50. The molecule has 2 aromatic heterocycles. The van der Waals surface area contributed by atoms with E-state index in [1.54, 1.807) is 0 Å². The highest BCUT2D eigenvalue weighted by atomic mass is 32.1. The second kappa shape index (κ2) is 6.31. The van der Waals surface area contributed by atoms with E-state index in [-0.39, 0.29) is 0 Å². The van der Waals surface area contributed by atoms with Crippen molar-refractivity contribution in [3.8, 4) is 0 Å². The average Bonchev–Trinajstić information content (AvgIpc) is 3.19. The zero-order valence-electron chi connectivity index (χ0n) is 13.1. The third kappa shape index (κ3) is 2.82. The SMILES string of the molecule is CN1[C@@H]2CCC[C@H]1CC(C=C(c1cccs1)c1cccs1)C2. The van der Waals surface area contributed by atoms with Crippen molar-refractivity contribution in [2.24, 2.45) is 5.92 Å². The summed E-state index contributed by atoms with van der Waals surface area (Å²) in [6.07, 6.45) is 9.49. The van der Waals surface area contributed by atoms with Crippen LogP contribution in [-0.2, 0) is 0 Å². The summed E-state index contributed by atoms with van der Waals surface area (Å²) < 4.78 is 0. The summed E-state index contributed by atoms with van der Waals surface area (Å²) in [5, 5.41) is 4.39. The fourth-order valence-corrected chi connectivity index (χ4v) is 5.78. The highest BCUT2D eigenvalue weighted by Gasteiger charge is 2.35. The Hall–Kier alpha value is -0.900. The van der Waals surface area contributed by atoms with Crippen LogP contribution in [0.2, 0.25) is 0 Å². The van der Waals surface area contributed by atoms with E-state index in [9.17, 15) is 0 Å². The monoisotopic (exact) mass is 329 g/mol. The van der Waals surface area contributed by atoms with Crippen LogP contribution in [0, 0.1) is 5.92 Å². The van der Waals surface area contributed by atoms with Crippen molar-refractivity contribution >= 4 is 28.2 Å². The summed E-state index contributed by atoms with van der Waals surface area (Å²) in [6, 6.07) is 10.5. The van der Waals surface area contributed by atoms with Gasteiger partial charge in [0.1, 0.15) is 0 Å². The number of piperidine rings is 2. The summed E-state index contributed by atoms with van der Waals surface area (Å²) in [5.74, 6) is 0.741. The molecule has 4 heterocycles.